The zero-order chi connectivity index (χ0) is 20.1. The van der Waals surface area contributed by atoms with Gasteiger partial charge in [0.1, 0.15) is 5.01 Å². The van der Waals surface area contributed by atoms with Crippen molar-refractivity contribution in [1.29, 1.82) is 0 Å². The number of rotatable bonds is 6. The number of nitrogens with zero attached hydrogens (tertiary/aromatic N) is 2. The van der Waals surface area contributed by atoms with E-state index in [4.69, 9.17) is 0 Å². The molecule has 4 aromatic rings. The number of anilines is 1. The number of hydrogen-bond donors (Lipinski definition) is 2. The first-order valence-electron chi connectivity index (χ1n) is 9.09. The number of carbonyl (C=O) groups excluding carboxylic acids is 2. The number of aromatic nitrogens is 2. The molecule has 0 unspecified atom stereocenters. The Morgan fingerprint density at radius 2 is 1.69 bits per heavy atom. The van der Waals surface area contributed by atoms with E-state index in [1.165, 1.54) is 11.3 Å². The lowest BCUT2D eigenvalue weighted by Crippen LogP contribution is -2.33. The normalized spacial score (nSPS) is 10.6. The second-order valence-corrected chi connectivity index (χ2v) is 7.51. The largest absolute Gasteiger partial charge is 0.347 e. The Labute approximate surface area is 171 Å². The molecular formula is C22H18N4O2S. The number of hydrogen-bond acceptors (Lipinski definition) is 5. The molecule has 2 N–H and O–H groups in total. The molecule has 144 valence electrons. The fourth-order valence-electron chi connectivity index (χ4n) is 2.88. The Hall–Kier alpha value is -3.58. The van der Waals surface area contributed by atoms with Crippen LogP contribution in [-0.4, -0.2) is 28.3 Å². The minimum atomic E-state index is -0.290. The minimum absolute atomic E-state index is 0.0930. The van der Waals surface area contributed by atoms with E-state index >= 15 is 0 Å². The third kappa shape index (κ3) is 4.83. The van der Waals surface area contributed by atoms with Gasteiger partial charge in [-0.2, -0.15) is 0 Å². The van der Waals surface area contributed by atoms with E-state index in [9.17, 15) is 9.59 Å². The van der Waals surface area contributed by atoms with Crippen molar-refractivity contribution in [3.05, 3.63) is 78.1 Å². The van der Waals surface area contributed by atoms with Crippen LogP contribution in [0.25, 0.3) is 21.3 Å². The van der Waals surface area contributed by atoms with Crippen LogP contribution in [0.15, 0.2) is 73.1 Å². The van der Waals surface area contributed by atoms with Crippen LogP contribution in [0.5, 0.6) is 0 Å². The van der Waals surface area contributed by atoms with E-state index in [1.807, 2.05) is 30.3 Å². The fourth-order valence-corrected chi connectivity index (χ4v) is 3.88. The minimum Gasteiger partial charge on any atom is -0.347 e. The zero-order valence-electron chi connectivity index (χ0n) is 15.5. The molecule has 0 radical (unpaired) electrons. The van der Waals surface area contributed by atoms with Crippen molar-refractivity contribution in [2.75, 3.05) is 11.9 Å². The molecule has 4 rings (SSSR count). The van der Waals surface area contributed by atoms with Gasteiger partial charge in [0.25, 0.3) is 0 Å². The van der Waals surface area contributed by atoms with Crippen molar-refractivity contribution in [2.24, 2.45) is 0 Å². The number of thiazole rings is 1. The van der Waals surface area contributed by atoms with E-state index in [0.717, 1.165) is 26.4 Å². The highest BCUT2D eigenvalue weighted by Gasteiger charge is 2.11. The Kier molecular flexibility index (Phi) is 5.58. The average Bonchev–Trinajstić information content (AvgIpc) is 3.15. The summed E-state index contributed by atoms with van der Waals surface area (Å²) in [6.07, 6.45) is 3.32. The van der Waals surface area contributed by atoms with Gasteiger partial charge in [0, 0.05) is 18.1 Å². The van der Waals surface area contributed by atoms with E-state index in [1.54, 1.807) is 24.5 Å². The van der Waals surface area contributed by atoms with Crippen molar-refractivity contribution < 1.29 is 9.59 Å². The average molecular weight is 402 g/mol. The molecule has 0 aliphatic carbocycles. The lowest BCUT2D eigenvalue weighted by atomic mass is 10.1. The first-order chi connectivity index (χ1) is 14.2. The van der Waals surface area contributed by atoms with E-state index in [2.05, 4.69) is 38.8 Å². The molecule has 0 atom stereocenters. The highest BCUT2D eigenvalue weighted by Crippen LogP contribution is 2.28. The predicted molar refractivity (Wildman–Crippen MR) is 115 cm³/mol. The molecule has 0 bridgehead atoms. The zero-order valence-corrected chi connectivity index (χ0v) is 16.3. The molecule has 6 nitrogen and oxygen atoms in total. The maximum Gasteiger partial charge on any atom is 0.243 e. The van der Waals surface area contributed by atoms with Gasteiger partial charge in [-0.1, -0.05) is 36.4 Å². The summed E-state index contributed by atoms with van der Waals surface area (Å²) in [5.74, 6) is -0.529. The van der Waals surface area contributed by atoms with Crippen LogP contribution in [-0.2, 0) is 16.0 Å². The predicted octanol–water partition coefficient (Wildman–Crippen LogP) is 3.66. The first kappa shape index (κ1) is 18.8. The molecule has 2 aromatic carbocycles. The number of benzene rings is 2. The van der Waals surface area contributed by atoms with Gasteiger partial charge in [0.2, 0.25) is 11.8 Å². The number of pyridine rings is 1. The topological polar surface area (TPSA) is 84.0 Å². The van der Waals surface area contributed by atoms with Crippen LogP contribution in [0, 0.1) is 0 Å². The van der Waals surface area contributed by atoms with Crippen LogP contribution >= 0.6 is 11.3 Å². The molecule has 0 aliphatic heterocycles. The molecular weight excluding hydrogens is 384 g/mol. The standard InChI is InChI=1S/C22H18N4O2S/c27-20(24-14-21(28)25-17-8-10-23-11-9-17)13-22-26-18-7-6-16(12-19(18)29-22)15-4-2-1-3-5-15/h1-12H,13-14H2,(H,24,27)(H,23,25,28). The van der Waals surface area contributed by atoms with Crippen molar-refractivity contribution >= 4 is 39.1 Å². The molecule has 0 fully saturated rings. The number of amides is 2. The van der Waals surface area contributed by atoms with Crippen molar-refractivity contribution in [3.8, 4) is 11.1 Å². The van der Waals surface area contributed by atoms with Crippen LogP contribution < -0.4 is 10.6 Å². The molecule has 2 heterocycles. The Morgan fingerprint density at radius 3 is 2.48 bits per heavy atom. The first-order valence-corrected chi connectivity index (χ1v) is 9.90. The molecule has 29 heavy (non-hydrogen) atoms. The lowest BCUT2D eigenvalue weighted by molar-refractivity contribution is -0.123. The van der Waals surface area contributed by atoms with Gasteiger partial charge in [-0.25, -0.2) is 4.98 Å². The summed E-state index contributed by atoms with van der Waals surface area (Å²) in [5, 5.41) is 6.05. The fraction of sp³-hybridized carbons (Fsp3) is 0.0909. The third-order valence-electron chi connectivity index (χ3n) is 4.26. The maximum absolute atomic E-state index is 12.2. The van der Waals surface area contributed by atoms with Crippen molar-refractivity contribution in [2.45, 2.75) is 6.42 Å². The highest BCUT2D eigenvalue weighted by atomic mass is 32.1. The lowest BCUT2D eigenvalue weighted by Gasteiger charge is -2.05. The Balaban J connectivity index is 1.36. The van der Waals surface area contributed by atoms with E-state index in [-0.39, 0.29) is 24.8 Å². The summed E-state index contributed by atoms with van der Waals surface area (Å²) in [6.45, 7) is -0.0930. The van der Waals surface area contributed by atoms with E-state index < -0.39 is 0 Å². The number of nitrogens with one attached hydrogen (secondary N) is 2. The van der Waals surface area contributed by atoms with Gasteiger partial charge in [0.05, 0.1) is 23.2 Å². The van der Waals surface area contributed by atoms with Gasteiger partial charge < -0.3 is 10.6 Å². The van der Waals surface area contributed by atoms with Gasteiger partial charge in [-0.05, 0) is 35.4 Å². The molecule has 7 heteroatoms. The Bertz CT molecular complexity index is 1140. The monoisotopic (exact) mass is 402 g/mol. The van der Waals surface area contributed by atoms with Gasteiger partial charge in [-0.3, -0.25) is 14.6 Å². The molecule has 2 aromatic heterocycles. The molecule has 0 spiro atoms. The van der Waals surface area contributed by atoms with Crippen molar-refractivity contribution in [1.82, 2.24) is 15.3 Å². The summed E-state index contributed by atoms with van der Waals surface area (Å²) in [6, 6.07) is 19.6. The summed E-state index contributed by atoms with van der Waals surface area (Å²) >= 11 is 1.49. The smallest absolute Gasteiger partial charge is 0.243 e. The van der Waals surface area contributed by atoms with Crippen LogP contribution in [0.4, 0.5) is 5.69 Å². The summed E-state index contributed by atoms with van der Waals surface area (Å²) in [4.78, 5) is 32.5. The van der Waals surface area contributed by atoms with Gasteiger partial charge in [-0.15, -0.1) is 11.3 Å². The molecule has 0 aliphatic rings. The second kappa shape index (κ2) is 8.62. The number of fused-ring (bicyclic) bond motifs is 1. The molecule has 0 saturated carbocycles. The molecule has 0 saturated heterocycles. The van der Waals surface area contributed by atoms with Crippen LogP contribution in [0.2, 0.25) is 0 Å². The highest BCUT2D eigenvalue weighted by molar-refractivity contribution is 7.18. The van der Waals surface area contributed by atoms with Gasteiger partial charge in [0.15, 0.2) is 0 Å². The van der Waals surface area contributed by atoms with Crippen molar-refractivity contribution in [3.63, 3.8) is 0 Å². The quantitative estimate of drug-likeness (QED) is 0.516. The number of carbonyl (C=O) groups is 2. The summed E-state index contributed by atoms with van der Waals surface area (Å²) in [7, 11) is 0. The Morgan fingerprint density at radius 1 is 0.897 bits per heavy atom. The SMILES string of the molecule is O=C(Cc1nc2ccc(-c3ccccc3)cc2s1)NCC(=O)Nc1ccncc1. The van der Waals surface area contributed by atoms with Crippen LogP contribution in [0.1, 0.15) is 5.01 Å². The van der Waals surface area contributed by atoms with E-state index in [0.29, 0.717) is 5.69 Å². The summed E-state index contributed by atoms with van der Waals surface area (Å²) < 4.78 is 1.03. The summed E-state index contributed by atoms with van der Waals surface area (Å²) in [5.41, 5.74) is 3.76. The molecule has 2 amide bonds. The third-order valence-corrected chi connectivity index (χ3v) is 5.28. The maximum atomic E-state index is 12.2. The van der Waals surface area contributed by atoms with Gasteiger partial charge >= 0.3 is 0 Å². The second-order valence-electron chi connectivity index (χ2n) is 6.39. The van der Waals surface area contributed by atoms with Crippen LogP contribution in [0.3, 0.4) is 0 Å².